The van der Waals surface area contributed by atoms with Crippen LogP contribution in [0.1, 0.15) is 0 Å². The third-order valence-electron chi connectivity index (χ3n) is 2.26. The first-order chi connectivity index (χ1) is 7.59. The lowest BCUT2D eigenvalue weighted by Gasteiger charge is -2.13. The number of rotatable bonds is 2. The van der Waals surface area contributed by atoms with Crippen LogP contribution < -0.4 is 4.90 Å². The van der Waals surface area contributed by atoms with Gasteiger partial charge in [0.2, 0.25) is 6.10 Å². The number of cyclic esters (lactones) is 1. The van der Waals surface area contributed by atoms with Crippen LogP contribution in [-0.4, -0.2) is 34.9 Å². The van der Waals surface area contributed by atoms with E-state index in [1.165, 1.54) is 12.1 Å². The van der Waals surface area contributed by atoms with Crippen molar-refractivity contribution < 1.29 is 24.5 Å². The topological polar surface area (TPSA) is 87.1 Å². The molecule has 1 fully saturated rings. The Kier molecular flexibility index (Phi) is 2.40. The monoisotopic (exact) mass is 223 g/mol. The number of carbonyl (C=O) groups excluding carboxylic acids is 1. The third-order valence-corrected chi connectivity index (χ3v) is 2.26. The standard InChI is InChI=1S/C10H9NO5/c12-7-4-2-1-3-6(7)11-5-8(9(13)14)16-10(11)15/h1-4,8,12H,5H2,(H,13,14). The minimum absolute atomic E-state index is 0.0921. The van der Waals surface area contributed by atoms with E-state index in [0.29, 0.717) is 0 Å². The number of para-hydroxylation sites is 2. The summed E-state index contributed by atoms with van der Waals surface area (Å²) in [4.78, 5) is 23.1. The van der Waals surface area contributed by atoms with E-state index < -0.39 is 18.2 Å². The van der Waals surface area contributed by atoms with Crippen molar-refractivity contribution in [3.8, 4) is 5.75 Å². The predicted octanol–water partition coefficient (Wildman–Crippen LogP) is 0.802. The number of phenols is 1. The molecule has 1 aromatic carbocycles. The first-order valence-electron chi connectivity index (χ1n) is 4.58. The second-order valence-electron chi connectivity index (χ2n) is 3.31. The quantitative estimate of drug-likeness (QED) is 0.774. The lowest BCUT2D eigenvalue weighted by Crippen LogP contribution is -2.27. The van der Waals surface area contributed by atoms with Crippen LogP contribution in [0.3, 0.4) is 0 Å². The SMILES string of the molecule is O=C(O)C1CN(c2ccccc2O)C(=O)O1. The van der Waals surface area contributed by atoms with Gasteiger partial charge in [-0.1, -0.05) is 12.1 Å². The van der Waals surface area contributed by atoms with Gasteiger partial charge in [0.25, 0.3) is 0 Å². The van der Waals surface area contributed by atoms with Crippen LogP contribution in [0, 0.1) is 0 Å². The van der Waals surface area contributed by atoms with Gasteiger partial charge in [-0.05, 0) is 12.1 Å². The molecule has 0 spiro atoms. The molecule has 1 unspecified atom stereocenters. The molecular weight excluding hydrogens is 214 g/mol. The Labute approximate surface area is 90.7 Å². The zero-order valence-corrected chi connectivity index (χ0v) is 8.16. The Morgan fingerprint density at radius 3 is 2.69 bits per heavy atom. The summed E-state index contributed by atoms with van der Waals surface area (Å²) >= 11 is 0. The Morgan fingerprint density at radius 2 is 2.12 bits per heavy atom. The summed E-state index contributed by atoms with van der Waals surface area (Å²) in [7, 11) is 0. The van der Waals surface area contributed by atoms with Gasteiger partial charge >= 0.3 is 12.1 Å². The molecule has 2 rings (SSSR count). The van der Waals surface area contributed by atoms with Crippen LogP contribution in [0.25, 0.3) is 0 Å². The number of carboxylic acid groups (broad SMARTS) is 1. The number of nitrogens with zero attached hydrogens (tertiary/aromatic N) is 1. The second kappa shape index (κ2) is 3.73. The Balaban J connectivity index is 2.27. The Morgan fingerprint density at radius 1 is 1.44 bits per heavy atom. The van der Waals surface area contributed by atoms with E-state index in [4.69, 9.17) is 5.11 Å². The molecule has 6 nitrogen and oxygen atoms in total. The fourth-order valence-electron chi connectivity index (χ4n) is 1.48. The summed E-state index contributed by atoms with van der Waals surface area (Å²) in [5.41, 5.74) is 0.247. The van der Waals surface area contributed by atoms with Gasteiger partial charge in [-0.3, -0.25) is 4.90 Å². The molecular formula is C10H9NO5. The minimum atomic E-state index is -1.20. The van der Waals surface area contributed by atoms with E-state index in [9.17, 15) is 14.7 Å². The molecule has 1 amide bonds. The molecule has 1 atom stereocenters. The lowest BCUT2D eigenvalue weighted by molar-refractivity contribution is -0.144. The summed E-state index contributed by atoms with van der Waals surface area (Å²) in [5, 5.41) is 18.2. The van der Waals surface area contributed by atoms with Crippen molar-refractivity contribution in [3.63, 3.8) is 0 Å². The second-order valence-corrected chi connectivity index (χ2v) is 3.31. The molecule has 0 radical (unpaired) electrons. The lowest BCUT2D eigenvalue weighted by atomic mass is 10.2. The van der Waals surface area contributed by atoms with E-state index in [2.05, 4.69) is 4.74 Å². The summed E-state index contributed by atoms with van der Waals surface area (Å²) in [5.74, 6) is -1.29. The number of carbonyl (C=O) groups is 2. The summed E-state index contributed by atoms with van der Waals surface area (Å²) in [6.45, 7) is -0.105. The Hall–Kier alpha value is -2.24. The highest BCUT2D eigenvalue weighted by molar-refractivity contribution is 5.95. The van der Waals surface area contributed by atoms with E-state index in [1.807, 2.05) is 0 Å². The number of amides is 1. The molecule has 2 N–H and O–H groups in total. The molecule has 1 aromatic rings. The maximum absolute atomic E-state index is 11.4. The molecule has 84 valence electrons. The fraction of sp³-hybridized carbons (Fsp3) is 0.200. The largest absolute Gasteiger partial charge is 0.506 e. The van der Waals surface area contributed by atoms with E-state index in [1.54, 1.807) is 12.1 Å². The first-order valence-corrected chi connectivity index (χ1v) is 4.58. The third kappa shape index (κ3) is 1.65. The van der Waals surface area contributed by atoms with Crippen LogP contribution in [-0.2, 0) is 9.53 Å². The zero-order chi connectivity index (χ0) is 11.7. The van der Waals surface area contributed by atoms with Crippen molar-refractivity contribution in [1.29, 1.82) is 0 Å². The molecule has 16 heavy (non-hydrogen) atoms. The van der Waals surface area contributed by atoms with E-state index in [-0.39, 0.29) is 18.0 Å². The normalized spacial score (nSPS) is 19.6. The molecule has 1 aliphatic rings. The number of aliphatic carboxylic acids is 1. The maximum atomic E-state index is 11.4. The van der Waals surface area contributed by atoms with Gasteiger partial charge in [0.15, 0.2) is 0 Å². The molecule has 0 aromatic heterocycles. The van der Waals surface area contributed by atoms with Crippen molar-refractivity contribution in [2.24, 2.45) is 0 Å². The highest BCUT2D eigenvalue weighted by Gasteiger charge is 2.37. The molecule has 1 saturated heterocycles. The maximum Gasteiger partial charge on any atom is 0.415 e. The predicted molar refractivity (Wildman–Crippen MR) is 53.4 cm³/mol. The highest BCUT2D eigenvalue weighted by Crippen LogP contribution is 2.29. The van der Waals surface area contributed by atoms with Crippen LogP contribution in [0.2, 0.25) is 0 Å². The van der Waals surface area contributed by atoms with Crippen molar-refractivity contribution in [2.75, 3.05) is 11.4 Å². The smallest absolute Gasteiger partial charge is 0.415 e. The van der Waals surface area contributed by atoms with Crippen molar-refractivity contribution in [1.82, 2.24) is 0 Å². The fourth-order valence-corrected chi connectivity index (χ4v) is 1.48. The van der Waals surface area contributed by atoms with Gasteiger partial charge in [-0.25, -0.2) is 9.59 Å². The molecule has 0 saturated carbocycles. The van der Waals surface area contributed by atoms with Gasteiger partial charge in [-0.2, -0.15) is 0 Å². The van der Waals surface area contributed by atoms with Gasteiger partial charge < -0.3 is 14.9 Å². The van der Waals surface area contributed by atoms with Gasteiger partial charge in [0, 0.05) is 0 Å². The number of ether oxygens (including phenoxy) is 1. The minimum Gasteiger partial charge on any atom is -0.506 e. The number of phenolic OH excluding ortho intramolecular Hbond substituents is 1. The van der Waals surface area contributed by atoms with Gasteiger partial charge in [0.1, 0.15) is 5.75 Å². The number of benzene rings is 1. The Bertz CT molecular complexity index is 445. The molecule has 1 heterocycles. The number of hydrogen-bond acceptors (Lipinski definition) is 4. The molecule has 1 aliphatic heterocycles. The average molecular weight is 223 g/mol. The highest BCUT2D eigenvalue weighted by atomic mass is 16.6. The van der Waals surface area contributed by atoms with E-state index in [0.717, 1.165) is 4.90 Å². The van der Waals surface area contributed by atoms with Crippen molar-refractivity contribution in [3.05, 3.63) is 24.3 Å². The van der Waals surface area contributed by atoms with Crippen LogP contribution >= 0.6 is 0 Å². The molecule has 6 heteroatoms. The molecule has 0 aliphatic carbocycles. The zero-order valence-electron chi connectivity index (χ0n) is 8.16. The first kappa shape index (κ1) is 10.3. The average Bonchev–Trinajstić information content (AvgIpc) is 2.61. The van der Waals surface area contributed by atoms with Crippen molar-refractivity contribution in [2.45, 2.75) is 6.10 Å². The number of aromatic hydroxyl groups is 1. The van der Waals surface area contributed by atoms with Gasteiger partial charge in [0.05, 0.1) is 12.2 Å². The van der Waals surface area contributed by atoms with Crippen LogP contribution in [0.15, 0.2) is 24.3 Å². The van der Waals surface area contributed by atoms with Crippen LogP contribution in [0.5, 0.6) is 5.75 Å². The van der Waals surface area contributed by atoms with E-state index >= 15 is 0 Å². The van der Waals surface area contributed by atoms with Gasteiger partial charge in [-0.15, -0.1) is 0 Å². The number of carboxylic acids is 1. The van der Waals surface area contributed by atoms with Crippen LogP contribution in [0.4, 0.5) is 10.5 Å². The summed E-state index contributed by atoms with van der Waals surface area (Å²) in [6.07, 6.45) is -1.96. The van der Waals surface area contributed by atoms with Crippen molar-refractivity contribution >= 4 is 17.7 Å². The number of hydrogen-bond donors (Lipinski definition) is 2. The molecule has 0 bridgehead atoms. The number of anilines is 1. The summed E-state index contributed by atoms with van der Waals surface area (Å²) in [6, 6.07) is 6.17. The summed E-state index contributed by atoms with van der Waals surface area (Å²) < 4.78 is 4.62.